The topological polar surface area (TPSA) is 23.5 Å². The molecule has 0 heterocycles. The largest absolute Gasteiger partial charge is 0.390 e. The predicted octanol–water partition coefficient (Wildman–Crippen LogP) is 2.10. The van der Waals surface area contributed by atoms with E-state index < -0.39 is 17.2 Å². The van der Waals surface area contributed by atoms with Crippen molar-refractivity contribution in [3.63, 3.8) is 0 Å². The number of nitrogens with zero attached hydrogens (tertiary/aromatic N) is 1. The second kappa shape index (κ2) is 3.70. The molecule has 88 valence electrons. The lowest BCUT2D eigenvalue weighted by molar-refractivity contribution is 0.150. The maximum atomic E-state index is 13.6. The molecule has 1 saturated carbocycles. The van der Waals surface area contributed by atoms with E-state index in [2.05, 4.69) is 0 Å². The van der Waals surface area contributed by atoms with E-state index >= 15 is 0 Å². The van der Waals surface area contributed by atoms with Gasteiger partial charge in [0.1, 0.15) is 11.6 Å². The summed E-state index contributed by atoms with van der Waals surface area (Å²) in [5.41, 5.74) is -0.315. The highest BCUT2D eigenvalue weighted by Gasteiger charge is 2.41. The zero-order chi connectivity index (χ0) is 11.9. The van der Waals surface area contributed by atoms with E-state index in [0.29, 0.717) is 12.8 Å². The van der Waals surface area contributed by atoms with Crippen molar-refractivity contribution in [1.82, 2.24) is 0 Å². The molecule has 0 radical (unpaired) electrons. The Morgan fingerprint density at radius 2 is 1.81 bits per heavy atom. The maximum absolute atomic E-state index is 13.6. The SMILES string of the molecule is CN(C)c1c(F)ccc(F)c1CC1(O)CC1. The Kier molecular flexibility index (Phi) is 2.62. The van der Waals surface area contributed by atoms with Gasteiger partial charge in [-0.3, -0.25) is 0 Å². The Morgan fingerprint density at radius 3 is 2.31 bits per heavy atom. The summed E-state index contributed by atoms with van der Waals surface area (Å²) in [6.45, 7) is 0. The standard InChI is InChI=1S/C12H15F2NO/c1-15(2)11-8(7-12(16)5-6-12)9(13)3-4-10(11)14/h3-4,16H,5-7H2,1-2H3. The molecule has 0 unspecified atom stereocenters. The van der Waals surface area contributed by atoms with Crippen molar-refractivity contribution in [1.29, 1.82) is 0 Å². The van der Waals surface area contributed by atoms with Crippen LogP contribution in [-0.4, -0.2) is 24.8 Å². The second-order valence-corrected chi connectivity index (χ2v) is 4.65. The minimum absolute atomic E-state index is 0.185. The molecule has 0 spiro atoms. The van der Waals surface area contributed by atoms with E-state index in [1.807, 2.05) is 0 Å². The summed E-state index contributed by atoms with van der Waals surface area (Å²) >= 11 is 0. The van der Waals surface area contributed by atoms with Crippen LogP contribution in [0.5, 0.6) is 0 Å². The first-order chi connectivity index (χ1) is 7.43. The molecule has 1 aromatic carbocycles. The fourth-order valence-electron chi connectivity index (χ4n) is 1.88. The fraction of sp³-hybridized carbons (Fsp3) is 0.500. The predicted molar refractivity (Wildman–Crippen MR) is 58.6 cm³/mol. The smallest absolute Gasteiger partial charge is 0.146 e. The van der Waals surface area contributed by atoms with E-state index in [1.165, 1.54) is 0 Å². The van der Waals surface area contributed by atoms with Crippen LogP contribution >= 0.6 is 0 Å². The van der Waals surface area contributed by atoms with Gasteiger partial charge in [0, 0.05) is 26.1 Å². The highest BCUT2D eigenvalue weighted by atomic mass is 19.1. The minimum atomic E-state index is -0.820. The van der Waals surface area contributed by atoms with E-state index in [9.17, 15) is 13.9 Å². The van der Waals surface area contributed by atoms with Crippen LogP contribution in [0.1, 0.15) is 18.4 Å². The lowest BCUT2D eigenvalue weighted by Gasteiger charge is -2.20. The van der Waals surface area contributed by atoms with E-state index in [4.69, 9.17) is 0 Å². The summed E-state index contributed by atoms with van der Waals surface area (Å²) in [5.74, 6) is -0.906. The van der Waals surface area contributed by atoms with Crippen LogP contribution < -0.4 is 4.90 Å². The zero-order valence-electron chi connectivity index (χ0n) is 9.43. The molecule has 1 fully saturated rings. The normalized spacial score (nSPS) is 17.3. The van der Waals surface area contributed by atoms with E-state index in [-0.39, 0.29) is 17.7 Å². The number of aliphatic hydroxyl groups is 1. The molecule has 1 aliphatic rings. The van der Waals surface area contributed by atoms with Gasteiger partial charge in [-0.25, -0.2) is 8.78 Å². The van der Waals surface area contributed by atoms with Gasteiger partial charge in [-0.1, -0.05) is 0 Å². The molecule has 4 heteroatoms. The summed E-state index contributed by atoms with van der Waals surface area (Å²) in [4.78, 5) is 1.54. The van der Waals surface area contributed by atoms with Crippen molar-refractivity contribution < 1.29 is 13.9 Å². The van der Waals surface area contributed by atoms with Gasteiger partial charge in [-0.05, 0) is 25.0 Å². The molecule has 0 amide bonds. The Morgan fingerprint density at radius 1 is 1.25 bits per heavy atom. The van der Waals surface area contributed by atoms with Crippen molar-refractivity contribution in [2.45, 2.75) is 24.9 Å². The average Bonchev–Trinajstić information content (AvgIpc) is 2.90. The Hall–Kier alpha value is -1.16. The number of halogens is 2. The third kappa shape index (κ3) is 2.02. The fourth-order valence-corrected chi connectivity index (χ4v) is 1.88. The summed E-state index contributed by atoms with van der Waals surface area (Å²) in [6, 6.07) is 2.23. The van der Waals surface area contributed by atoms with Crippen LogP contribution in [0, 0.1) is 11.6 Å². The number of hydrogen-bond acceptors (Lipinski definition) is 2. The molecule has 0 bridgehead atoms. The van der Waals surface area contributed by atoms with Crippen LogP contribution in [0.15, 0.2) is 12.1 Å². The van der Waals surface area contributed by atoms with E-state index in [1.54, 1.807) is 19.0 Å². The maximum Gasteiger partial charge on any atom is 0.146 e. The van der Waals surface area contributed by atoms with Gasteiger partial charge in [-0.2, -0.15) is 0 Å². The van der Waals surface area contributed by atoms with Gasteiger partial charge < -0.3 is 10.0 Å². The molecule has 2 nitrogen and oxygen atoms in total. The first kappa shape index (κ1) is 11.3. The van der Waals surface area contributed by atoms with Crippen LogP contribution in [0.25, 0.3) is 0 Å². The number of hydrogen-bond donors (Lipinski definition) is 1. The van der Waals surface area contributed by atoms with Gasteiger partial charge in [0.2, 0.25) is 0 Å². The van der Waals surface area contributed by atoms with Crippen molar-refractivity contribution >= 4 is 5.69 Å². The zero-order valence-corrected chi connectivity index (χ0v) is 9.43. The van der Waals surface area contributed by atoms with Crippen LogP contribution in [0.3, 0.4) is 0 Å². The molecule has 0 atom stereocenters. The van der Waals surface area contributed by atoms with Crippen molar-refractivity contribution in [3.8, 4) is 0 Å². The van der Waals surface area contributed by atoms with Gasteiger partial charge >= 0.3 is 0 Å². The monoisotopic (exact) mass is 227 g/mol. The molecule has 0 saturated heterocycles. The lowest BCUT2D eigenvalue weighted by Crippen LogP contribution is -2.19. The molecular formula is C12H15F2NO. The Balaban J connectivity index is 2.43. The Bertz CT molecular complexity index is 414. The van der Waals surface area contributed by atoms with Crippen molar-refractivity contribution in [2.75, 3.05) is 19.0 Å². The second-order valence-electron chi connectivity index (χ2n) is 4.65. The minimum Gasteiger partial charge on any atom is -0.390 e. The highest BCUT2D eigenvalue weighted by Crippen LogP contribution is 2.41. The summed E-state index contributed by atoms with van der Waals surface area (Å²) < 4.78 is 27.2. The average molecular weight is 227 g/mol. The molecule has 16 heavy (non-hydrogen) atoms. The van der Waals surface area contributed by atoms with Crippen LogP contribution in [-0.2, 0) is 6.42 Å². The third-order valence-corrected chi connectivity index (χ3v) is 2.96. The van der Waals surface area contributed by atoms with Gasteiger partial charge in [0.15, 0.2) is 0 Å². The highest BCUT2D eigenvalue weighted by molar-refractivity contribution is 5.55. The number of anilines is 1. The molecule has 1 aromatic rings. The quantitative estimate of drug-likeness (QED) is 0.854. The molecule has 0 aliphatic heterocycles. The Labute approximate surface area is 93.5 Å². The third-order valence-electron chi connectivity index (χ3n) is 2.96. The summed E-state index contributed by atoms with van der Waals surface area (Å²) in [7, 11) is 3.33. The first-order valence-electron chi connectivity index (χ1n) is 5.29. The summed E-state index contributed by atoms with van der Waals surface area (Å²) in [6.07, 6.45) is 1.51. The van der Waals surface area contributed by atoms with Crippen LogP contribution in [0.2, 0.25) is 0 Å². The molecule has 2 rings (SSSR count). The first-order valence-corrected chi connectivity index (χ1v) is 5.29. The molecule has 1 N–H and O–H groups in total. The van der Waals surface area contributed by atoms with Gasteiger partial charge in [0.25, 0.3) is 0 Å². The van der Waals surface area contributed by atoms with Crippen LogP contribution in [0.4, 0.5) is 14.5 Å². The molecule has 1 aliphatic carbocycles. The molecule has 0 aromatic heterocycles. The van der Waals surface area contributed by atoms with Gasteiger partial charge in [-0.15, -0.1) is 0 Å². The van der Waals surface area contributed by atoms with Gasteiger partial charge in [0.05, 0.1) is 11.3 Å². The molecular weight excluding hydrogens is 212 g/mol. The van der Waals surface area contributed by atoms with Crippen molar-refractivity contribution in [3.05, 3.63) is 29.3 Å². The number of rotatable bonds is 3. The lowest BCUT2D eigenvalue weighted by atomic mass is 10.0. The van der Waals surface area contributed by atoms with Crippen molar-refractivity contribution in [2.24, 2.45) is 0 Å². The number of benzene rings is 1. The van der Waals surface area contributed by atoms with E-state index in [0.717, 1.165) is 12.1 Å². The summed E-state index contributed by atoms with van der Waals surface area (Å²) in [5, 5.41) is 9.80.